The topological polar surface area (TPSA) is 164 Å². The van der Waals surface area contributed by atoms with E-state index in [-0.39, 0.29) is 50.4 Å². The Morgan fingerprint density at radius 2 is 0.908 bits per heavy atom. The fourth-order valence-corrected chi connectivity index (χ4v) is 8.26. The first-order chi connectivity index (χ1) is 31.2. The lowest BCUT2D eigenvalue weighted by atomic mass is 9.86. The average molecular weight is 946 g/mol. The molecule has 13 heteroatoms. The molecule has 0 aliphatic rings. The first-order valence-electron chi connectivity index (χ1n) is 26.6. The molecule has 384 valence electrons. The number of unbranched alkanes of at least 4 members (excludes halogenated alkanes) is 29. The molecule has 0 aliphatic heterocycles. The first-order valence-corrected chi connectivity index (χ1v) is 27.8. The highest BCUT2D eigenvalue weighted by Crippen LogP contribution is 2.28. The van der Waals surface area contributed by atoms with Gasteiger partial charge in [0.1, 0.15) is 26.4 Å². The lowest BCUT2D eigenvalue weighted by molar-refractivity contribution is -0.870. The van der Waals surface area contributed by atoms with Gasteiger partial charge in [0.05, 0.1) is 40.6 Å². The van der Waals surface area contributed by atoms with Crippen LogP contribution in [-0.4, -0.2) is 88.5 Å². The van der Waals surface area contributed by atoms with Gasteiger partial charge < -0.3 is 29.3 Å². The molecule has 0 radical (unpaired) electrons. The zero-order chi connectivity index (χ0) is 48.3. The molecule has 1 amide bonds. The number of primary amides is 1. The molecule has 0 bridgehead atoms. The SMILES string of the molecule is CCCCCCCCCCCCCCCCCC(=O)OC(COC(=O)CCC(=O)OCCCCCCCCCCCCCCCCCCC(C)(C)C(N)=O)CO[PH+]([O-])OCC[N+](C)(C)C. The van der Waals surface area contributed by atoms with Crippen LogP contribution < -0.4 is 10.6 Å². The molecule has 0 aromatic rings. The van der Waals surface area contributed by atoms with Crippen LogP contribution in [0.1, 0.15) is 245 Å². The third-order valence-electron chi connectivity index (χ3n) is 12.2. The lowest BCUT2D eigenvalue weighted by Gasteiger charge is -2.24. The maximum absolute atomic E-state index is 12.7. The Bertz CT molecular complexity index is 1150. The normalized spacial score (nSPS) is 12.8. The number of rotatable bonds is 49. The molecule has 0 fully saturated rings. The summed E-state index contributed by atoms with van der Waals surface area (Å²) >= 11 is 0. The molecule has 0 heterocycles. The highest BCUT2D eigenvalue weighted by molar-refractivity contribution is 7.39. The largest absolute Gasteiger partial charge is 0.633 e. The summed E-state index contributed by atoms with van der Waals surface area (Å²) in [6.45, 7) is 6.87. The van der Waals surface area contributed by atoms with Crippen LogP contribution in [0.15, 0.2) is 0 Å². The van der Waals surface area contributed by atoms with Crippen LogP contribution in [0, 0.1) is 5.41 Å². The van der Waals surface area contributed by atoms with Crippen molar-refractivity contribution in [3.63, 3.8) is 0 Å². The summed E-state index contributed by atoms with van der Waals surface area (Å²) in [5.74, 6) is -1.67. The molecular formula is C52H102N2O10P+. The predicted octanol–water partition coefficient (Wildman–Crippen LogP) is 12.2. The molecule has 65 heavy (non-hydrogen) atoms. The van der Waals surface area contributed by atoms with E-state index in [2.05, 4.69) is 6.92 Å². The van der Waals surface area contributed by atoms with Gasteiger partial charge in [0.2, 0.25) is 14.5 Å². The van der Waals surface area contributed by atoms with Crippen LogP contribution >= 0.6 is 8.60 Å². The van der Waals surface area contributed by atoms with Crippen molar-refractivity contribution in [2.24, 2.45) is 11.1 Å². The highest BCUT2D eigenvalue weighted by atomic mass is 31.2. The molecule has 2 atom stereocenters. The summed E-state index contributed by atoms with van der Waals surface area (Å²) in [5, 5.41) is 0. The van der Waals surface area contributed by atoms with E-state index in [1.807, 2.05) is 35.0 Å². The number of esters is 3. The van der Waals surface area contributed by atoms with Gasteiger partial charge in [-0.15, -0.1) is 0 Å². The minimum Gasteiger partial charge on any atom is -0.633 e. The van der Waals surface area contributed by atoms with Gasteiger partial charge in [-0.3, -0.25) is 19.2 Å². The minimum absolute atomic E-state index is 0.0922. The Hall–Kier alpha value is -1.85. The lowest BCUT2D eigenvalue weighted by Crippen LogP contribution is -2.37. The van der Waals surface area contributed by atoms with Gasteiger partial charge in [0, 0.05) is 11.8 Å². The summed E-state index contributed by atoms with van der Waals surface area (Å²) in [6.07, 6.45) is 37.8. The summed E-state index contributed by atoms with van der Waals surface area (Å²) < 4.78 is 27.6. The molecular weight excluding hydrogens is 844 g/mol. The number of hydrogen-bond donors (Lipinski definition) is 1. The van der Waals surface area contributed by atoms with Crippen LogP contribution in [0.2, 0.25) is 0 Å². The van der Waals surface area contributed by atoms with Gasteiger partial charge in [0.25, 0.3) is 0 Å². The second-order valence-corrected chi connectivity index (χ2v) is 21.4. The molecule has 2 N–H and O–H groups in total. The zero-order valence-electron chi connectivity index (χ0n) is 43.0. The second-order valence-electron chi connectivity index (χ2n) is 20.3. The van der Waals surface area contributed by atoms with Crippen LogP contribution in [-0.2, 0) is 42.4 Å². The van der Waals surface area contributed by atoms with Crippen molar-refractivity contribution in [1.82, 2.24) is 0 Å². The zero-order valence-corrected chi connectivity index (χ0v) is 44.0. The van der Waals surface area contributed by atoms with Crippen LogP contribution in [0.3, 0.4) is 0 Å². The predicted molar refractivity (Wildman–Crippen MR) is 265 cm³/mol. The van der Waals surface area contributed by atoms with E-state index >= 15 is 0 Å². The molecule has 0 spiro atoms. The van der Waals surface area contributed by atoms with E-state index in [0.29, 0.717) is 24.1 Å². The maximum atomic E-state index is 12.7. The van der Waals surface area contributed by atoms with Crippen molar-refractivity contribution < 1.29 is 51.8 Å². The van der Waals surface area contributed by atoms with Crippen LogP contribution in [0.5, 0.6) is 0 Å². The average Bonchev–Trinajstić information content (AvgIpc) is 3.25. The van der Waals surface area contributed by atoms with Crippen molar-refractivity contribution in [1.29, 1.82) is 0 Å². The molecule has 0 aliphatic carbocycles. The number of amides is 1. The number of carbonyl (C=O) groups is 4. The minimum atomic E-state index is -2.84. The van der Waals surface area contributed by atoms with E-state index in [1.54, 1.807) is 0 Å². The fraction of sp³-hybridized carbons (Fsp3) is 0.923. The summed E-state index contributed by atoms with van der Waals surface area (Å²) in [6, 6.07) is 0. The van der Waals surface area contributed by atoms with Crippen molar-refractivity contribution >= 4 is 32.4 Å². The molecule has 0 saturated heterocycles. The highest BCUT2D eigenvalue weighted by Gasteiger charge is 2.24. The fourth-order valence-electron chi connectivity index (χ4n) is 7.59. The summed E-state index contributed by atoms with van der Waals surface area (Å²) in [7, 11) is 3.17. The van der Waals surface area contributed by atoms with Crippen LogP contribution in [0.4, 0.5) is 0 Å². The van der Waals surface area contributed by atoms with E-state index in [4.69, 9.17) is 29.0 Å². The third kappa shape index (κ3) is 45.7. The monoisotopic (exact) mass is 946 g/mol. The number of nitrogens with zero attached hydrogens (tertiary/aromatic N) is 1. The smallest absolute Gasteiger partial charge is 0.306 e. The molecule has 2 unspecified atom stereocenters. The first kappa shape index (κ1) is 63.1. The maximum Gasteiger partial charge on any atom is 0.306 e. The van der Waals surface area contributed by atoms with E-state index in [9.17, 15) is 24.1 Å². The number of ether oxygens (including phenoxy) is 3. The number of carbonyl (C=O) groups excluding carboxylic acids is 4. The van der Waals surface area contributed by atoms with Crippen molar-refractivity contribution in [2.45, 2.75) is 252 Å². The number of nitrogens with two attached hydrogens (primary N) is 1. The Balaban J connectivity index is 4.12. The van der Waals surface area contributed by atoms with Gasteiger partial charge >= 0.3 is 17.9 Å². The molecule has 0 aromatic heterocycles. The number of quaternary nitrogens is 1. The molecule has 12 nitrogen and oxygen atoms in total. The van der Waals surface area contributed by atoms with Gasteiger partial charge in [-0.25, -0.2) is 9.05 Å². The number of likely N-dealkylation sites (N-methyl/N-ethyl adjacent to an activating group) is 1. The number of hydrogen-bond acceptors (Lipinski definition) is 10. The van der Waals surface area contributed by atoms with E-state index in [0.717, 1.165) is 44.9 Å². The van der Waals surface area contributed by atoms with Gasteiger partial charge in [0.15, 0.2) is 6.10 Å². The molecule has 0 aromatic carbocycles. The van der Waals surface area contributed by atoms with Crippen molar-refractivity contribution in [3.05, 3.63) is 0 Å². The quantitative estimate of drug-likeness (QED) is 0.0204. The van der Waals surface area contributed by atoms with Crippen molar-refractivity contribution in [2.75, 3.05) is 54.1 Å². The van der Waals surface area contributed by atoms with E-state index < -0.39 is 32.6 Å². The standard InChI is InChI=1S/C52H101N2O10P/c1-7-8-9-10-11-12-13-14-17-20-23-26-29-32-35-38-50(57)64-47(46-63-65(59)62-44-42-54(4,5)6)45-61-49(56)40-39-48(55)60-43-37-34-31-28-25-22-19-16-15-18-21-24-27-30-33-36-41-52(2,3)51(53)58/h47,65H,7-46H2,1-6H3,(H-,53,58)/p+1. The molecule has 0 rings (SSSR count). The van der Waals surface area contributed by atoms with Gasteiger partial charge in [-0.05, 0) is 19.3 Å². The third-order valence-corrected chi connectivity index (χ3v) is 13.1. The van der Waals surface area contributed by atoms with Crippen molar-refractivity contribution in [3.8, 4) is 0 Å². The van der Waals surface area contributed by atoms with Crippen LogP contribution in [0.25, 0.3) is 0 Å². The summed E-state index contributed by atoms with van der Waals surface area (Å²) in [4.78, 5) is 61.3. The Labute approximate surface area is 399 Å². The second kappa shape index (κ2) is 43.4. The van der Waals surface area contributed by atoms with Gasteiger partial charge in [-0.1, -0.05) is 207 Å². The Kier molecular flexibility index (Phi) is 42.2. The summed E-state index contributed by atoms with van der Waals surface area (Å²) in [5.41, 5.74) is 5.07. The molecule has 0 saturated carbocycles. The Morgan fingerprint density at radius 3 is 1.34 bits per heavy atom. The van der Waals surface area contributed by atoms with E-state index in [1.165, 1.54) is 154 Å². The Morgan fingerprint density at radius 1 is 0.508 bits per heavy atom. The van der Waals surface area contributed by atoms with Gasteiger partial charge in [-0.2, -0.15) is 0 Å².